The molecule has 46 heavy (non-hydrogen) atoms. The van der Waals surface area contributed by atoms with Gasteiger partial charge in [0.1, 0.15) is 6.29 Å². The van der Waals surface area contributed by atoms with Crippen molar-refractivity contribution in [1.82, 2.24) is 4.90 Å². The van der Waals surface area contributed by atoms with Crippen molar-refractivity contribution in [2.45, 2.75) is 71.3 Å². The van der Waals surface area contributed by atoms with Crippen molar-refractivity contribution in [3.05, 3.63) is 81.9 Å². The predicted octanol–water partition coefficient (Wildman–Crippen LogP) is 6.25. The second kappa shape index (κ2) is 14.8. The minimum atomic E-state index is -0.937. The van der Waals surface area contributed by atoms with E-state index in [2.05, 4.69) is 38.2 Å². The van der Waals surface area contributed by atoms with Crippen molar-refractivity contribution in [3.63, 3.8) is 0 Å². The zero-order valence-electron chi connectivity index (χ0n) is 27.1. The molecule has 5 rings (SSSR count). The average molecular weight is 629 g/mol. The summed E-state index contributed by atoms with van der Waals surface area (Å²) in [6.07, 6.45) is 5.63. The lowest BCUT2D eigenvalue weighted by Gasteiger charge is -2.27. The molecular weight excluding hydrogens is 584 g/mol. The molecule has 0 saturated carbocycles. The van der Waals surface area contributed by atoms with Gasteiger partial charge < -0.3 is 29.4 Å². The van der Waals surface area contributed by atoms with Gasteiger partial charge in [-0.25, -0.2) is 0 Å². The fourth-order valence-corrected chi connectivity index (χ4v) is 6.95. The number of fused-ring (bicyclic) bond motifs is 1. The van der Waals surface area contributed by atoms with Crippen molar-refractivity contribution >= 4 is 23.9 Å². The molecule has 2 aliphatic rings. The lowest BCUT2D eigenvalue weighted by Crippen LogP contribution is -2.35. The van der Waals surface area contributed by atoms with Crippen LogP contribution >= 0.6 is 0 Å². The van der Waals surface area contributed by atoms with E-state index in [4.69, 9.17) is 14.2 Å². The third-order valence-electron chi connectivity index (χ3n) is 9.17. The third-order valence-corrected chi connectivity index (χ3v) is 9.17. The van der Waals surface area contributed by atoms with Gasteiger partial charge in [-0.15, -0.1) is 0 Å². The van der Waals surface area contributed by atoms with E-state index in [1.54, 1.807) is 7.11 Å². The number of benzene rings is 3. The van der Waals surface area contributed by atoms with Gasteiger partial charge in [-0.2, -0.15) is 0 Å². The van der Waals surface area contributed by atoms with Crippen molar-refractivity contribution in [2.24, 2.45) is 5.92 Å². The first-order chi connectivity index (χ1) is 22.3. The quantitative estimate of drug-likeness (QED) is 0.159. The summed E-state index contributed by atoms with van der Waals surface area (Å²) in [6.45, 7) is 6.66. The van der Waals surface area contributed by atoms with Crippen molar-refractivity contribution in [1.29, 1.82) is 0 Å². The number of amides is 1. The molecule has 3 aromatic rings. The molecule has 2 N–H and O–H groups in total. The summed E-state index contributed by atoms with van der Waals surface area (Å²) in [6, 6.07) is 15.3. The normalized spacial score (nSPS) is 18.8. The van der Waals surface area contributed by atoms with Gasteiger partial charge >= 0.3 is 5.97 Å². The number of carbonyl (C=O) groups is 3. The number of likely N-dealkylation sites (tertiary alicyclic amines) is 1. The number of aldehydes is 1. The summed E-state index contributed by atoms with van der Waals surface area (Å²) in [5, 5.41) is 13.9. The SMILES string of the molecule is CCc1cc(C)cc(CC)c1NC(=O)CN1C[C@H](c2cc(OC)c3c(c2)OCO3)[C@@H](C(=O)O)[C@@H]1c1ccc(CCCCC=O)cc1. The summed E-state index contributed by atoms with van der Waals surface area (Å²) in [5.74, 6) is -0.899. The number of anilines is 1. The molecule has 0 unspecified atom stereocenters. The first-order valence-corrected chi connectivity index (χ1v) is 16.2. The number of ether oxygens (including phenoxy) is 3. The van der Waals surface area contributed by atoms with Crippen LogP contribution in [0.25, 0.3) is 0 Å². The number of aryl methyl sites for hydroxylation is 4. The highest BCUT2D eigenvalue weighted by Gasteiger charge is 2.48. The first-order valence-electron chi connectivity index (χ1n) is 16.2. The smallest absolute Gasteiger partial charge is 0.309 e. The van der Waals surface area contributed by atoms with Gasteiger partial charge in [0.2, 0.25) is 18.4 Å². The Labute approximate surface area is 270 Å². The van der Waals surface area contributed by atoms with Crippen molar-refractivity contribution in [3.8, 4) is 17.2 Å². The Morgan fingerprint density at radius 3 is 2.37 bits per heavy atom. The summed E-state index contributed by atoms with van der Waals surface area (Å²) in [7, 11) is 1.55. The van der Waals surface area contributed by atoms with E-state index in [9.17, 15) is 19.5 Å². The minimum Gasteiger partial charge on any atom is -0.493 e. The van der Waals surface area contributed by atoms with Gasteiger partial charge in [0.25, 0.3) is 0 Å². The molecule has 244 valence electrons. The molecule has 0 radical (unpaired) electrons. The molecule has 1 amide bonds. The third kappa shape index (κ3) is 7.04. The Balaban J connectivity index is 1.48. The Kier molecular flexibility index (Phi) is 10.6. The largest absolute Gasteiger partial charge is 0.493 e. The summed E-state index contributed by atoms with van der Waals surface area (Å²) in [5.41, 5.74) is 6.90. The molecule has 2 aliphatic heterocycles. The van der Waals surface area contributed by atoms with Crippen LogP contribution in [0.3, 0.4) is 0 Å². The van der Waals surface area contributed by atoms with Crippen LogP contribution < -0.4 is 19.5 Å². The van der Waals surface area contributed by atoms with Crippen LogP contribution in [0.1, 0.15) is 78.5 Å². The monoisotopic (exact) mass is 628 g/mol. The number of aliphatic carboxylic acids is 1. The van der Waals surface area contributed by atoms with Gasteiger partial charge in [0, 0.05) is 30.6 Å². The fraction of sp³-hybridized carbons (Fsp3) is 0.432. The number of carboxylic acid groups (broad SMARTS) is 1. The predicted molar refractivity (Wildman–Crippen MR) is 176 cm³/mol. The molecule has 9 heteroatoms. The van der Waals surface area contributed by atoms with Gasteiger partial charge in [0.15, 0.2) is 11.5 Å². The molecule has 9 nitrogen and oxygen atoms in total. The number of carbonyl (C=O) groups excluding carboxylic acids is 2. The molecule has 0 aliphatic carbocycles. The van der Waals surface area contributed by atoms with Crippen LogP contribution in [0.15, 0.2) is 48.5 Å². The molecule has 2 heterocycles. The number of hydrogen-bond acceptors (Lipinski definition) is 7. The number of carboxylic acids is 1. The van der Waals surface area contributed by atoms with Gasteiger partial charge in [-0.3, -0.25) is 14.5 Å². The molecule has 0 bridgehead atoms. The molecule has 0 spiro atoms. The topological polar surface area (TPSA) is 114 Å². The highest BCUT2D eigenvalue weighted by molar-refractivity contribution is 5.94. The van der Waals surface area contributed by atoms with Crippen LogP contribution in [-0.2, 0) is 33.6 Å². The van der Waals surface area contributed by atoms with E-state index in [-0.39, 0.29) is 19.2 Å². The number of nitrogens with one attached hydrogen (secondary N) is 1. The maximum Gasteiger partial charge on any atom is 0.309 e. The van der Waals surface area contributed by atoms with Crippen LogP contribution in [-0.4, -0.2) is 55.2 Å². The van der Waals surface area contributed by atoms with E-state index in [1.165, 1.54) is 0 Å². The molecule has 3 atom stereocenters. The average Bonchev–Trinajstić information content (AvgIpc) is 3.68. The number of nitrogens with zero attached hydrogens (tertiary/aromatic N) is 1. The number of rotatable bonds is 14. The highest BCUT2D eigenvalue weighted by Crippen LogP contribution is 2.50. The van der Waals surface area contributed by atoms with Crippen LogP contribution in [0.2, 0.25) is 0 Å². The zero-order valence-corrected chi connectivity index (χ0v) is 27.1. The molecule has 0 aromatic heterocycles. The molecule has 1 fully saturated rings. The molecular formula is C37H44N2O7. The maximum absolute atomic E-state index is 13.8. The Morgan fingerprint density at radius 2 is 1.74 bits per heavy atom. The lowest BCUT2D eigenvalue weighted by atomic mass is 9.82. The Hall–Kier alpha value is -4.37. The van der Waals surface area contributed by atoms with E-state index in [1.807, 2.05) is 41.3 Å². The van der Waals surface area contributed by atoms with E-state index in [0.29, 0.717) is 30.2 Å². The second-order valence-electron chi connectivity index (χ2n) is 12.2. The maximum atomic E-state index is 13.8. The number of unbranched alkanes of at least 4 members (excludes halogenated alkanes) is 2. The Bertz CT molecular complexity index is 1540. The minimum absolute atomic E-state index is 0.0280. The fourth-order valence-electron chi connectivity index (χ4n) is 6.95. The van der Waals surface area contributed by atoms with Gasteiger partial charge in [-0.05, 0) is 79.0 Å². The standard InChI is InChI=1S/C37H44N2O7/c1-5-25-16-23(3)17-26(6-2)34(25)38-32(41)21-39-20-29(28-18-30(44-4)36-31(19-28)45-22-46-36)33(37(42)43)35(39)27-13-11-24(12-14-27)10-8-7-9-15-40/h11-19,29,33,35H,5-10,20-22H2,1-4H3,(H,38,41)(H,42,43)/t29-,33-,35+/m1/s1. The molecule has 3 aromatic carbocycles. The van der Waals surface area contributed by atoms with Gasteiger partial charge in [-0.1, -0.05) is 55.8 Å². The highest BCUT2D eigenvalue weighted by atomic mass is 16.7. The van der Waals surface area contributed by atoms with Crippen LogP contribution in [0, 0.1) is 12.8 Å². The summed E-state index contributed by atoms with van der Waals surface area (Å²) < 4.78 is 16.8. The zero-order chi connectivity index (χ0) is 32.8. The van der Waals surface area contributed by atoms with E-state index >= 15 is 0 Å². The van der Waals surface area contributed by atoms with E-state index < -0.39 is 23.8 Å². The molecule has 1 saturated heterocycles. The number of hydrogen-bond donors (Lipinski definition) is 2. The second-order valence-corrected chi connectivity index (χ2v) is 12.2. The summed E-state index contributed by atoms with van der Waals surface area (Å²) in [4.78, 5) is 39.6. The van der Waals surface area contributed by atoms with Crippen LogP contribution in [0.5, 0.6) is 17.2 Å². The Morgan fingerprint density at radius 1 is 1.02 bits per heavy atom. The van der Waals surface area contributed by atoms with E-state index in [0.717, 1.165) is 77.5 Å². The van der Waals surface area contributed by atoms with Crippen LogP contribution in [0.4, 0.5) is 5.69 Å². The van der Waals surface area contributed by atoms with Crippen molar-refractivity contribution in [2.75, 3.05) is 32.3 Å². The lowest BCUT2D eigenvalue weighted by molar-refractivity contribution is -0.143. The van der Waals surface area contributed by atoms with Gasteiger partial charge in [0.05, 0.1) is 19.6 Å². The number of methoxy groups -OCH3 is 1. The first kappa shape index (κ1) is 33.0. The summed E-state index contributed by atoms with van der Waals surface area (Å²) >= 11 is 0. The van der Waals surface area contributed by atoms with Crippen molar-refractivity contribution < 1.29 is 33.7 Å².